The van der Waals surface area contributed by atoms with Gasteiger partial charge >= 0.3 is 6.03 Å². The van der Waals surface area contributed by atoms with Crippen LogP contribution in [0.3, 0.4) is 0 Å². The fourth-order valence-corrected chi connectivity index (χ4v) is 1.49. The number of carbonyl (C=O) groups is 1. The molecule has 6 heteroatoms. The molecule has 0 radical (unpaired) electrons. The van der Waals surface area contributed by atoms with Crippen molar-refractivity contribution in [3.8, 4) is 0 Å². The highest BCUT2D eigenvalue weighted by atomic mass is 35.5. The molecule has 0 saturated heterocycles. The minimum atomic E-state index is -0.359. The molecule has 0 unspecified atom stereocenters. The topological polar surface area (TPSA) is 41.6 Å². The van der Waals surface area contributed by atoms with Crippen LogP contribution in [0.15, 0.2) is 11.4 Å². The van der Waals surface area contributed by atoms with E-state index >= 15 is 0 Å². The van der Waals surface area contributed by atoms with Gasteiger partial charge in [0.15, 0.2) is 0 Å². The molecule has 0 aromatic carbocycles. The second kappa shape index (κ2) is 4.45. The number of thiophene rings is 1. The fraction of sp³-hybridized carbons (Fsp3) is 0.286. The number of nitrogens with one attached hydrogen (secondary N) is 1. The fourth-order valence-electron chi connectivity index (χ4n) is 0.658. The van der Waals surface area contributed by atoms with E-state index < -0.39 is 0 Å². The second-order valence-corrected chi connectivity index (χ2v) is 3.74. The Morgan fingerprint density at radius 1 is 1.77 bits per heavy atom. The van der Waals surface area contributed by atoms with Crippen LogP contribution in [-0.2, 0) is 4.84 Å². The van der Waals surface area contributed by atoms with Gasteiger partial charge in [-0.2, -0.15) is 0 Å². The first kappa shape index (κ1) is 10.3. The van der Waals surface area contributed by atoms with Crippen LogP contribution in [0.5, 0.6) is 0 Å². The molecule has 1 aromatic heterocycles. The monoisotopic (exact) mass is 220 g/mol. The van der Waals surface area contributed by atoms with Crippen LogP contribution in [-0.4, -0.2) is 25.3 Å². The molecule has 1 rings (SSSR count). The number of hydrogen-bond acceptors (Lipinski definition) is 3. The summed E-state index contributed by atoms with van der Waals surface area (Å²) in [6.45, 7) is 0. The first-order valence-corrected chi connectivity index (χ1v) is 4.72. The van der Waals surface area contributed by atoms with Crippen molar-refractivity contribution in [3.63, 3.8) is 0 Å². The predicted molar refractivity (Wildman–Crippen MR) is 53.1 cm³/mol. The van der Waals surface area contributed by atoms with Gasteiger partial charge in [-0.3, -0.25) is 4.84 Å². The van der Waals surface area contributed by atoms with E-state index in [1.54, 1.807) is 11.4 Å². The molecule has 13 heavy (non-hydrogen) atoms. The van der Waals surface area contributed by atoms with Crippen molar-refractivity contribution in [2.24, 2.45) is 0 Å². The van der Waals surface area contributed by atoms with Gasteiger partial charge in [-0.25, -0.2) is 9.86 Å². The standard InChI is InChI=1S/C7H9ClN2O2S/c1-10(12-2)7(11)9-5-3-4-13-6(5)8/h3-4H,1-2H3,(H,9,11). The van der Waals surface area contributed by atoms with Crippen molar-refractivity contribution >= 4 is 34.7 Å². The maximum absolute atomic E-state index is 11.2. The molecule has 2 amide bonds. The van der Waals surface area contributed by atoms with Gasteiger partial charge in [-0.05, 0) is 11.4 Å². The van der Waals surface area contributed by atoms with Crippen LogP contribution in [0.2, 0.25) is 4.34 Å². The van der Waals surface area contributed by atoms with Gasteiger partial charge in [0, 0.05) is 7.05 Å². The van der Waals surface area contributed by atoms with Crippen LogP contribution in [0.25, 0.3) is 0 Å². The Morgan fingerprint density at radius 3 is 2.92 bits per heavy atom. The Bertz CT molecular complexity index is 302. The van der Waals surface area contributed by atoms with Crippen LogP contribution in [0.4, 0.5) is 10.5 Å². The van der Waals surface area contributed by atoms with Gasteiger partial charge in [0.05, 0.1) is 12.8 Å². The number of urea groups is 1. The maximum Gasteiger partial charge on any atom is 0.345 e. The van der Waals surface area contributed by atoms with Crippen molar-refractivity contribution in [1.82, 2.24) is 5.06 Å². The van der Waals surface area contributed by atoms with E-state index in [2.05, 4.69) is 10.2 Å². The number of anilines is 1. The van der Waals surface area contributed by atoms with E-state index in [1.165, 1.54) is 25.5 Å². The molecule has 0 fully saturated rings. The first-order chi connectivity index (χ1) is 6.15. The molecule has 0 atom stereocenters. The Morgan fingerprint density at radius 2 is 2.46 bits per heavy atom. The van der Waals surface area contributed by atoms with Crippen molar-refractivity contribution in [2.45, 2.75) is 0 Å². The number of carbonyl (C=O) groups excluding carboxylic acids is 1. The number of hydroxylamine groups is 2. The molecular weight excluding hydrogens is 212 g/mol. The number of hydrogen-bond donors (Lipinski definition) is 1. The number of halogens is 1. The molecule has 0 aliphatic carbocycles. The van der Waals surface area contributed by atoms with E-state index in [1.807, 2.05) is 0 Å². The lowest BCUT2D eigenvalue weighted by Gasteiger charge is -2.13. The van der Waals surface area contributed by atoms with Crippen molar-refractivity contribution in [1.29, 1.82) is 0 Å². The Balaban J connectivity index is 2.60. The van der Waals surface area contributed by atoms with Gasteiger partial charge in [-0.1, -0.05) is 11.6 Å². The lowest BCUT2D eigenvalue weighted by Crippen LogP contribution is -2.30. The molecule has 0 spiro atoms. The van der Waals surface area contributed by atoms with Crippen LogP contribution >= 0.6 is 22.9 Å². The SMILES string of the molecule is CON(C)C(=O)Nc1ccsc1Cl. The van der Waals surface area contributed by atoms with Crippen molar-refractivity contribution in [3.05, 3.63) is 15.8 Å². The molecule has 0 aliphatic rings. The quantitative estimate of drug-likeness (QED) is 0.778. The highest BCUT2D eigenvalue weighted by molar-refractivity contribution is 7.15. The van der Waals surface area contributed by atoms with Crippen LogP contribution < -0.4 is 5.32 Å². The zero-order valence-electron chi connectivity index (χ0n) is 7.20. The van der Waals surface area contributed by atoms with Crippen molar-refractivity contribution in [2.75, 3.05) is 19.5 Å². The van der Waals surface area contributed by atoms with E-state index in [9.17, 15) is 4.79 Å². The normalized spacial score (nSPS) is 9.77. The minimum Gasteiger partial charge on any atom is -0.304 e. The molecular formula is C7H9ClN2O2S. The Labute approximate surface area is 85.0 Å². The van der Waals surface area contributed by atoms with Gasteiger partial charge in [0.25, 0.3) is 0 Å². The highest BCUT2D eigenvalue weighted by Gasteiger charge is 2.10. The number of nitrogens with zero attached hydrogens (tertiary/aromatic N) is 1. The lowest BCUT2D eigenvalue weighted by molar-refractivity contribution is -0.0598. The molecule has 0 bridgehead atoms. The number of amides is 2. The summed E-state index contributed by atoms with van der Waals surface area (Å²) in [5.74, 6) is 0. The highest BCUT2D eigenvalue weighted by Crippen LogP contribution is 2.27. The van der Waals surface area contributed by atoms with Gasteiger partial charge in [-0.15, -0.1) is 11.3 Å². The summed E-state index contributed by atoms with van der Waals surface area (Å²) in [6, 6.07) is 1.37. The Kier molecular flexibility index (Phi) is 3.53. The summed E-state index contributed by atoms with van der Waals surface area (Å²) in [5, 5.41) is 5.46. The van der Waals surface area contributed by atoms with Crippen LogP contribution in [0.1, 0.15) is 0 Å². The molecule has 0 saturated carbocycles. The molecule has 1 N–H and O–H groups in total. The number of rotatable bonds is 2. The Hall–Kier alpha value is -0.780. The van der Waals surface area contributed by atoms with Crippen molar-refractivity contribution < 1.29 is 9.63 Å². The third-order valence-corrected chi connectivity index (χ3v) is 2.59. The summed E-state index contributed by atoms with van der Waals surface area (Å²) in [5.41, 5.74) is 0.598. The van der Waals surface area contributed by atoms with E-state index in [-0.39, 0.29) is 6.03 Å². The zero-order chi connectivity index (χ0) is 9.84. The molecule has 1 aromatic rings. The maximum atomic E-state index is 11.2. The van der Waals surface area contributed by atoms with E-state index in [0.29, 0.717) is 10.0 Å². The minimum absolute atomic E-state index is 0.359. The van der Waals surface area contributed by atoms with E-state index in [0.717, 1.165) is 5.06 Å². The first-order valence-electron chi connectivity index (χ1n) is 3.47. The smallest absolute Gasteiger partial charge is 0.304 e. The second-order valence-electron chi connectivity index (χ2n) is 2.22. The summed E-state index contributed by atoms with van der Waals surface area (Å²) in [6.07, 6.45) is 0. The largest absolute Gasteiger partial charge is 0.345 e. The van der Waals surface area contributed by atoms with Crippen LogP contribution in [0, 0.1) is 0 Å². The molecule has 0 aliphatic heterocycles. The van der Waals surface area contributed by atoms with Gasteiger partial charge in [0.1, 0.15) is 4.34 Å². The average Bonchev–Trinajstić information content (AvgIpc) is 2.50. The predicted octanol–water partition coefficient (Wildman–Crippen LogP) is 2.43. The van der Waals surface area contributed by atoms with Gasteiger partial charge in [0.2, 0.25) is 0 Å². The molecule has 4 nitrogen and oxygen atoms in total. The average molecular weight is 221 g/mol. The zero-order valence-corrected chi connectivity index (χ0v) is 8.78. The molecule has 1 heterocycles. The van der Waals surface area contributed by atoms with E-state index in [4.69, 9.17) is 11.6 Å². The summed E-state index contributed by atoms with van der Waals surface area (Å²) in [4.78, 5) is 15.9. The third-order valence-electron chi connectivity index (χ3n) is 1.42. The summed E-state index contributed by atoms with van der Waals surface area (Å²) >= 11 is 7.13. The summed E-state index contributed by atoms with van der Waals surface area (Å²) in [7, 11) is 2.92. The molecule has 72 valence electrons. The van der Waals surface area contributed by atoms with Gasteiger partial charge < -0.3 is 5.32 Å². The third kappa shape index (κ3) is 2.58. The summed E-state index contributed by atoms with van der Waals surface area (Å²) < 4.78 is 0.554. The lowest BCUT2D eigenvalue weighted by atomic mass is 10.5.